The largest absolute Gasteiger partial charge is 0.349 e. The molecule has 1 fully saturated rings. The zero-order chi connectivity index (χ0) is 22.0. The number of amides is 1. The molecule has 7 heteroatoms. The predicted molar refractivity (Wildman–Crippen MR) is 123 cm³/mol. The van der Waals surface area contributed by atoms with Gasteiger partial charge in [-0.25, -0.2) is 12.7 Å². The molecule has 2 aliphatic rings. The summed E-state index contributed by atoms with van der Waals surface area (Å²) in [5.41, 5.74) is 4.56. The van der Waals surface area contributed by atoms with Crippen LogP contribution in [0.2, 0.25) is 5.02 Å². The Morgan fingerprint density at radius 1 is 1.16 bits per heavy atom. The summed E-state index contributed by atoms with van der Waals surface area (Å²) in [7, 11) is -3.51. The van der Waals surface area contributed by atoms with Crippen LogP contribution in [0.3, 0.4) is 0 Å². The number of nitrogens with zero attached hydrogens (tertiary/aromatic N) is 1. The molecule has 31 heavy (non-hydrogen) atoms. The average molecular weight is 461 g/mol. The number of aryl methyl sites for hydroxylation is 2. The number of fused-ring (bicyclic) bond motifs is 1. The first-order chi connectivity index (χ1) is 14.8. The van der Waals surface area contributed by atoms with Crippen molar-refractivity contribution in [3.63, 3.8) is 0 Å². The van der Waals surface area contributed by atoms with Gasteiger partial charge < -0.3 is 5.32 Å². The number of hydrogen-bond donors (Lipinski definition) is 1. The number of piperidine rings is 1. The summed E-state index contributed by atoms with van der Waals surface area (Å²) in [5.74, 6) is -0.511. The summed E-state index contributed by atoms with van der Waals surface area (Å²) in [6.45, 7) is 2.67. The van der Waals surface area contributed by atoms with Crippen LogP contribution >= 0.6 is 11.6 Å². The molecule has 0 radical (unpaired) electrons. The van der Waals surface area contributed by atoms with Gasteiger partial charge in [-0.1, -0.05) is 41.9 Å². The van der Waals surface area contributed by atoms with Gasteiger partial charge in [0.1, 0.15) is 0 Å². The van der Waals surface area contributed by atoms with Crippen molar-refractivity contribution in [3.8, 4) is 0 Å². The maximum Gasteiger partial charge on any atom is 0.224 e. The Labute approximate surface area is 189 Å². The monoisotopic (exact) mass is 460 g/mol. The van der Waals surface area contributed by atoms with Gasteiger partial charge in [0, 0.05) is 18.1 Å². The van der Waals surface area contributed by atoms with Gasteiger partial charge in [-0.3, -0.25) is 4.79 Å². The fourth-order valence-electron chi connectivity index (χ4n) is 4.61. The highest BCUT2D eigenvalue weighted by Crippen LogP contribution is 2.27. The van der Waals surface area contributed by atoms with E-state index in [1.165, 1.54) is 21.9 Å². The van der Waals surface area contributed by atoms with Crippen LogP contribution < -0.4 is 5.32 Å². The second kappa shape index (κ2) is 9.31. The second-order valence-corrected chi connectivity index (χ2v) is 11.1. The average Bonchev–Trinajstić information content (AvgIpc) is 3.21. The molecule has 0 aromatic heterocycles. The normalized spacial score (nSPS) is 20.3. The maximum absolute atomic E-state index is 12.9. The minimum Gasteiger partial charge on any atom is -0.349 e. The number of halogens is 1. The van der Waals surface area contributed by atoms with E-state index in [1.54, 1.807) is 24.3 Å². The fraction of sp³-hybridized carbons (Fsp3) is 0.458. The first-order valence-corrected chi connectivity index (χ1v) is 12.9. The lowest BCUT2D eigenvalue weighted by Crippen LogP contribution is -2.46. The number of nitrogens with one attached hydrogen (secondary N) is 1. The Hall–Kier alpha value is -1.89. The summed E-state index contributed by atoms with van der Waals surface area (Å²) in [5, 5.41) is 3.63. The van der Waals surface area contributed by atoms with Crippen LogP contribution in [0.5, 0.6) is 0 Å². The number of carbonyl (C=O) groups is 1. The van der Waals surface area contributed by atoms with E-state index >= 15 is 0 Å². The van der Waals surface area contributed by atoms with Crippen LogP contribution in [0.4, 0.5) is 0 Å². The van der Waals surface area contributed by atoms with E-state index in [9.17, 15) is 13.2 Å². The Bertz CT molecular complexity index is 1070. The molecule has 0 unspecified atom stereocenters. The summed E-state index contributed by atoms with van der Waals surface area (Å²) < 4.78 is 27.3. The van der Waals surface area contributed by atoms with E-state index in [0.717, 1.165) is 18.4 Å². The summed E-state index contributed by atoms with van der Waals surface area (Å²) in [6.07, 6.45) is 4.82. The molecule has 1 amide bonds. The van der Waals surface area contributed by atoms with Crippen molar-refractivity contribution in [1.82, 2.24) is 9.62 Å². The van der Waals surface area contributed by atoms with Gasteiger partial charge in [0.2, 0.25) is 15.9 Å². The highest BCUT2D eigenvalue weighted by molar-refractivity contribution is 7.88. The maximum atomic E-state index is 12.9. The zero-order valence-electron chi connectivity index (χ0n) is 17.8. The van der Waals surface area contributed by atoms with Crippen LogP contribution in [0.15, 0.2) is 42.5 Å². The van der Waals surface area contributed by atoms with Crippen molar-refractivity contribution < 1.29 is 13.2 Å². The Balaban J connectivity index is 1.39. The molecule has 166 valence electrons. The molecule has 0 bridgehead atoms. The fourth-order valence-corrected chi connectivity index (χ4v) is 6.42. The van der Waals surface area contributed by atoms with Crippen molar-refractivity contribution in [2.75, 3.05) is 13.1 Å². The summed E-state index contributed by atoms with van der Waals surface area (Å²) in [4.78, 5) is 12.9. The topological polar surface area (TPSA) is 66.5 Å². The third-order valence-corrected chi connectivity index (χ3v) is 8.42. The van der Waals surface area contributed by atoms with E-state index in [2.05, 4.69) is 23.5 Å². The number of hydrogen-bond acceptors (Lipinski definition) is 3. The predicted octanol–water partition coefficient (Wildman–Crippen LogP) is 4.25. The number of carbonyl (C=O) groups excluding carboxylic acids is 1. The molecular weight excluding hydrogens is 432 g/mol. The lowest BCUT2D eigenvalue weighted by Gasteiger charge is -2.32. The molecule has 2 aromatic rings. The van der Waals surface area contributed by atoms with Crippen molar-refractivity contribution in [1.29, 1.82) is 0 Å². The highest BCUT2D eigenvalue weighted by atomic mass is 35.5. The van der Waals surface area contributed by atoms with E-state index in [1.807, 2.05) is 6.92 Å². The van der Waals surface area contributed by atoms with E-state index in [0.29, 0.717) is 30.0 Å². The number of rotatable bonds is 6. The van der Waals surface area contributed by atoms with Crippen molar-refractivity contribution in [2.45, 2.75) is 50.8 Å². The summed E-state index contributed by atoms with van der Waals surface area (Å²) >= 11 is 5.99. The third-order valence-electron chi connectivity index (χ3n) is 6.37. The lowest BCUT2D eigenvalue weighted by atomic mass is 9.97. The van der Waals surface area contributed by atoms with Crippen LogP contribution in [0, 0.1) is 5.92 Å². The second-order valence-electron chi connectivity index (χ2n) is 8.70. The number of sulfonamides is 1. The first kappa shape index (κ1) is 22.3. The SMILES string of the molecule is C[C@H](NC(=O)[C@@H]1CCCN(S(=O)(=O)Cc2cccc(Cl)c2)C1)c1ccc2c(c1)CCC2. The zero-order valence-corrected chi connectivity index (χ0v) is 19.4. The van der Waals surface area contributed by atoms with Gasteiger partial charge in [0.05, 0.1) is 17.7 Å². The molecule has 1 heterocycles. The Morgan fingerprint density at radius 2 is 1.97 bits per heavy atom. The molecular formula is C24H29ClN2O3S. The van der Waals surface area contributed by atoms with Crippen LogP contribution in [0.1, 0.15) is 54.5 Å². The van der Waals surface area contributed by atoms with Crippen molar-refractivity contribution >= 4 is 27.5 Å². The molecule has 2 atom stereocenters. The minimum absolute atomic E-state index is 0.0735. The molecule has 1 aliphatic heterocycles. The molecule has 5 nitrogen and oxygen atoms in total. The van der Waals surface area contributed by atoms with E-state index < -0.39 is 10.0 Å². The first-order valence-electron chi connectivity index (χ1n) is 11.0. The highest BCUT2D eigenvalue weighted by Gasteiger charge is 2.33. The molecule has 0 spiro atoms. The molecule has 2 aromatic carbocycles. The third kappa shape index (κ3) is 5.30. The van der Waals surface area contributed by atoms with E-state index in [4.69, 9.17) is 11.6 Å². The molecule has 1 aliphatic carbocycles. The van der Waals surface area contributed by atoms with Gasteiger partial charge in [-0.15, -0.1) is 0 Å². The molecule has 1 saturated heterocycles. The quantitative estimate of drug-likeness (QED) is 0.700. The Morgan fingerprint density at radius 3 is 2.77 bits per heavy atom. The van der Waals surface area contributed by atoms with Crippen molar-refractivity contribution in [2.24, 2.45) is 5.92 Å². The summed E-state index contributed by atoms with van der Waals surface area (Å²) in [6, 6.07) is 13.3. The van der Waals surface area contributed by atoms with Gasteiger partial charge in [0.25, 0.3) is 0 Å². The smallest absolute Gasteiger partial charge is 0.224 e. The van der Waals surface area contributed by atoms with Gasteiger partial charge in [0.15, 0.2) is 0 Å². The van der Waals surface area contributed by atoms with Gasteiger partial charge >= 0.3 is 0 Å². The van der Waals surface area contributed by atoms with Crippen LogP contribution in [0.25, 0.3) is 0 Å². The van der Waals surface area contributed by atoms with Gasteiger partial charge in [-0.05, 0) is 73.4 Å². The Kier molecular flexibility index (Phi) is 6.70. The standard InChI is InChI=1S/C24H29ClN2O3S/c1-17(20-11-10-19-6-3-7-21(19)14-20)26-24(28)22-8-4-12-27(15-22)31(29,30)16-18-5-2-9-23(25)13-18/h2,5,9-11,13-14,17,22H,3-4,6-8,12,15-16H2,1H3,(H,26,28)/t17-,22+/m0/s1. The minimum atomic E-state index is -3.51. The molecule has 0 saturated carbocycles. The molecule has 4 rings (SSSR count). The van der Waals surface area contributed by atoms with E-state index in [-0.39, 0.29) is 30.2 Å². The van der Waals surface area contributed by atoms with Crippen molar-refractivity contribution in [3.05, 3.63) is 69.7 Å². The van der Waals surface area contributed by atoms with Crippen LogP contribution in [-0.2, 0) is 33.4 Å². The number of benzene rings is 2. The van der Waals surface area contributed by atoms with Crippen LogP contribution in [-0.4, -0.2) is 31.7 Å². The van der Waals surface area contributed by atoms with Gasteiger partial charge in [-0.2, -0.15) is 0 Å². The lowest BCUT2D eigenvalue weighted by molar-refractivity contribution is -0.126. The molecule has 1 N–H and O–H groups in total.